The summed E-state index contributed by atoms with van der Waals surface area (Å²) in [6.07, 6.45) is 0. The molecule has 0 aliphatic carbocycles. The number of nitrogens with zero attached hydrogens (tertiary/aromatic N) is 2. The Morgan fingerprint density at radius 3 is 2.35 bits per heavy atom. The second kappa shape index (κ2) is 8.77. The molecule has 156 valence electrons. The topological polar surface area (TPSA) is 91.4 Å². The van der Waals surface area contributed by atoms with Gasteiger partial charge in [-0.05, 0) is 78.0 Å². The quantitative estimate of drug-likeness (QED) is 0.345. The van der Waals surface area contributed by atoms with Gasteiger partial charge in [0.2, 0.25) is 0 Å². The van der Waals surface area contributed by atoms with Gasteiger partial charge < -0.3 is 5.32 Å². The van der Waals surface area contributed by atoms with Crippen LogP contribution in [0.2, 0.25) is 0 Å². The van der Waals surface area contributed by atoms with E-state index in [2.05, 4.69) is 38.2 Å². The van der Waals surface area contributed by atoms with Gasteiger partial charge in [-0.3, -0.25) is 19.7 Å². The molecule has 3 amide bonds. The van der Waals surface area contributed by atoms with Gasteiger partial charge in [-0.15, -0.1) is 11.3 Å². The summed E-state index contributed by atoms with van der Waals surface area (Å²) >= 11 is 9.64. The fraction of sp³-hybridized carbons (Fsp3) is 0.0476. The van der Waals surface area contributed by atoms with Gasteiger partial charge >= 0.3 is 0 Å². The van der Waals surface area contributed by atoms with Gasteiger partial charge in [0.25, 0.3) is 17.7 Å². The number of hydrogen-bond acceptors (Lipinski definition) is 6. The van der Waals surface area contributed by atoms with Crippen molar-refractivity contribution < 1.29 is 14.4 Å². The van der Waals surface area contributed by atoms with Crippen molar-refractivity contribution in [3.05, 3.63) is 79.5 Å². The van der Waals surface area contributed by atoms with Crippen LogP contribution in [0.5, 0.6) is 0 Å². The molecule has 0 saturated heterocycles. The lowest BCUT2D eigenvalue weighted by atomic mass is 10.2. The van der Waals surface area contributed by atoms with Crippen LogP contribution in [0.4, 0.5) is 16.5 Å². The summed E-state index contributed by atoms with van der Waals surface area (Å²) in [7, 11) is 0. The largest absolute Gasteiger partial charge is 0.350 e. The lowest BCUT2D eigenvalue weighted by Gasteiger charge is -2.15. The van der Waals surface area contributed by atoms with E-state index in [0.717, 1.165) is 14.2 Å². The fourth-order valence-corrected chi connectivity index (χ4v) is 4.12. The average molecular weight is 565 g/mol. The van der Waals surface area contributed by atoms with Crippen LogP contribution in [0.15, 0.2) is 64.6 Å². The maximum Gasteiger partial charge on any atom is 0.283 e. The first-order valence-electron chi connectivity index (χ1n) is 8.98. The summed E-state index contributed by atoms with van der Waals surface area (Å²) < 4.78 is 0.979. The Balaban J connectivity index is 1.48. The number of benzene rings is 2. The van der Waals surface area contributed by atoms with E-state index in [0.29, 0.717) is 22.1 Å². The smallest absolute Gasteiger partial charge is 0.283 e. The summed E-state index contributed by atoms with van der Waals surface area (Å²) in [6.45, 7) is 1.85. The third kappa shape index (κ3) is 4.48. The molecular weight excluding hydrogens is 551 g/mol. The van der Waals surface area contributed by atoms with Crippen LogP contribution >= 0.6 is 45.5 Å². The van der Waals surface area contributed by atoms with Crippen molar-refractivity contribution in [1.82, 2.24) is 4.98 Å². The Morgan fingerprint density at radius 1 is 1.06 bits per heavy atom. The minimum absolute atomic E-state index is 0.0133. The van der Waals surface area contributed by atoms with Crippen molar-refractivity contribution in [2.24, 2.45) is 0 Å². The average Bonchev–Trinajstić information content (AvgIpc) is 3.25. The second-order valence-electron chi connectivity index (χ2n) is 6.56. The van der Waals surface area contributed by atoms with Gasteiger partial charge in [-0.2, -0.15) is 0 Å². The van der Waals surface area contributed by atoms with Crippen molar-refractivity contribution in [2.45, 2.75) is 6.92 Å². The molecule has 2 N–H and O–H groups in total. The first-order chi connectivity index (χ1) is 14.8. The van der Waals surface area contributed by atoms with E-state index in [1.807, 2.05) is 12.3 Å². The number of rotatable bonds is 5. The zero-order valence-corrected chi connectivity index (χ0v) is 19.7. The number of halogens is 2. The molecule has 0 fully saturated rings. The van der Waals surface area contributed by atoms with E-state index in [1.165, 1.54) is 11.3 Å². The minimum Gasteiger partial charge on any atom is -0.350 e. The SMILES string of the molecule is Cc1csc(NC(=O)c2ccc(NC3=C(Cl)C(=O)N(c4ccc(I)cc4)C3=O)cc2)n1. The van der Waals surface area contributed by atoms with Crippen molar-refractivity contribution in [2.75, 3.05) is 15.5 Å². The Hall–Kier alpha value is -2.76. The summed E-state index contributed by atoms with van der Waals surface area (Å²) in [5, 5.41) is 7.80. The Labute approximate surface area is 200 Å². The molecule has 3 aromatic rings. The number of amides is 3. The maximum atomic E-state index is 12.8. The van der Waals surface area contributed by atoms with Gasteiger partial charge in [0.15, 0.2) is 5.13 Å². The molecule has 0 atom stereocenters. The molecule has 31 heavy (non-hydrogen) atoms. The molecule has 0 radical (unpaired) electrons. The molecule has 7 nitrogen and oxygen atoms in total. The van der Waals surface area contributed by atoms with Crippen molar-refractivity contribution in [1.29, 1.82) is 0 Å². The molecule has 10 heteroatoms. The summed E-state index contributed by atoms with van der Waals surface area (Å²) in [5.41, 5.74) is 2.20. The molecule has 2 heterocycles. The van der Waals surface area contributed by atoms with Gasteiger partial charge in [-0.25, -0.2) is 9.88 Å². The normalized spacial score (nSPS) is 13.7. The number of anilines is 3. The van der Waals surface area contributed by atoms with Crippen LogP contribution in [-0.4, -0.2) is 22.7 Å². The van der Waals surface area contributed by atoms with Crippen LogP contribution in [0, 0.1) is 10.5 Å². The molecule has 1 aliphatic rings. The van der Waals surface area contributed by atoms with Gasteiger partial charge in [-0.1, -0.05) is 11.6 Å². The predicted molar refractivity (Wildman–Crippen MR) is 129 cm³/mol. The molecule has 2 aromatic carbocycles. The molecule has 0 bridgehead atoms. The highest BCUT2D eigenvalue weighted by Gasteiger charge is 2.38. The first kappa shape index (κ1) is 21.5. The van der Waals surface area contributed by atoms with Crippen molar-refractivity contribution in [3.63, 3.8) is 0 Å². The number of carbonyl (C=O) groups excluding carboxylic acids is 3. The maximum absolute atomic E-state index is 12.8. The molecule has 1 aromatic heterocycles. The van der Waals surface area contributed by atoms with Crippen LogP contribution in [0.1, 0.15) is 16.1 Å². The lowest BCUT2D eigenvalue weighted by molar-refractivity contribution is -0.120. The lowest BCUT2D eigenvalue weighted by Crippen LogP contribution is -2.32. The second-order valence-corrected chi connectivity index (χ2v) is 9.04. The van der Waals surface area contributed by atoms with E-state index in [1.54, 1.807) is 48.5 Å². The van der Waals surface area contributed by atoms with Crippen LogP contribution in [0.3, 0.4) is 0 Å². The van der Waals surface area contributed by atoms with Gasteiger partial charge in [0, 0.05) is 20.2 Å². The number of nitrogens with one attached hydrogen (secondary N) is 2. The molecule has 4 rings (SSSR count). The predicted octanol–water partition coefficient (Wildman–Crippen LogP) is 4.74. The van der Waals surface area contributed by atoms with E-state index in [4.69, 9.17) is 11.6 Å². The van der Waals surface area contributed by atoms with Crippen LogP contribution in [0.25, 0.3) is 0 Å². The third-order valence-corrected chi connectivity index (χ3v) is 6.31. The number of aromatic nitrogens is 1. The molecular formula is C21H14ClIN4O3S. The number of carbonyl (C=O) groups is 3. The zero-order chi connectivity index (χ0) is 22.1. The van der Waals surface area contributed by atoms with E-state index >= 15 is 0 Å². The highest BCUT2D eigenvalue weighted by atomic mass is 127. The van der Waals surface area contributed by atoms with Gasteiger partial charge in [0.1, 0.15) is 10.7 Å². The third-order valence-electron chi connectivity index (χ3n) is 4.37. The monoisotopic (exact) mass is 564 g/mol. The standard InChI is InChI=1S/C21H14ClIN4O3S/c1-11-10-31-21(24-11)26-18(28)12-2-6-14(7-3-12)25-17-16(22)19(29)27(20(17)30)15-8-4-13(23)5-9-15/h2-10,25H,1H3,(H,24,26,28). The summed E-state index contributed by atoms with van der Waals surface area (Å²) in [6, 6.07) is 13.4. The number of aryl methyl sites for hydroxylation is 1. The van der Waals surface area contributed by atoms with E-state index < -0.39 is 11.8 Å². The Kier molecular flexibility index (Phi) is 6.08. The minimum atomic E-state index is -0.592. The summed E-state index contributed by atoms with van der Waals surface area (Å²) in [4.78, 5) is 42.9. The number of imide groups is 1. The summed E-state index contributed by atoms with van der Waals surface area (Å²) in [5.74, 6) is -1.43. The van der Waals surface area contributed by atoms with Gasteiger partial charge in [0.05, 0.1) is 11.4 Å². The number of thiazole rings is 1. The van der Waals surface area contributed by atoms with E-state index in [-0.39, 0.29) is 16.6 Å². The Bertz CT molecular complexity index is 1220. The van der Waals surface area contributed by atoms with Crippen LogP contribution in [-0.2, 0) is 9.59 Å². The molecule has 1 aliphatic heterocycles. The van der Waals surface area contributed by atoms with Crippen molar-refractivity contribution in [3.8, 4) is 0 Å². The zero-order valence-electron chi connectivity index (χ0n) is 16.0. The number of hydrogen-bond donors (Lipinski definition) is 2. The first-order valence-corrected chi connectivity index (χ1v) is 11.3. The van der Waals surface area contributed by atoms with E-state index in [9.17, 15) is 14.4 Å². The highest BCUT2D eigenvalue weighted by molar-refractivity contribution is 14.1. The highest BCUT2D eigenvalue weighted by Crippen LogP contribution is 2.30. The molecule has 0 saturated carbocycles. The Morgan fingerprint density at radius 2 is 1.74 bits per heavy atom. The molecule has 0 spiro atoms. The fourth-order valence-electron chi connectivity index (χ4n) is 2.87. The van der Waals surface area contributed by atoms with Crippen LogP contribution < -0.4 is 15.5 Å². The molecule has 0 unspecified atom stereocenters. The van der Waals surface area contributed by atoms with Crippen molar-refractivity contribution >= 4 is 79.8 Å².